The van der Waals surface area contributed by atoms with Crippen LogP contribution in [0.3, 0.4) is 0 Å². The lowest BCUT2D eigenvalue weighted by Crippen LogP contribution is -2.39. The maximum atomic E-state index is 14.9. The highest BCUT2D eigenvalue weighted by Gasteiger charge is 2.44. The Hall–Kier alpha value is -2.73. The Morgan fingerprint density at radius 2 is 2.33 bits per heavy atom. The van der Waals surface area contributed by atoms with Gasteiger partial charge >= 0.3 is 6.09 Å². The average Bonchev–Trinajstić information content (AvgIpc) is 3.03. The van der Waals surface area contributed by atoms with Gasteiger partial charge in [-0.1, -0.05) is 0 Å². The molecule has 0 unspecified atom stereocenters. The maximum Gasteiger partial charge on any atom is 0.408 e. The van der Waals surface area contributed by atoms with Crippen LogP contribution in [0.1, 0.15) is 31.6 Å². The van der Waals surface area contributed by atoms with Gasteiger partial charge in [0.15, 0.2) is 23.9 Å². The van der Waals surface area contributed by atoms with Crippen LogP contribution in [0.15, 0.2) is 29.1 Å². The smallest absolute Gasteiger partial charge is 0.408 e. The normalized spacial score (nSPS) is 24.7. The lowest BCUT2D eigenvalue weighted by molar-refractivity contribution is 0.0604. The number of aromatic nitrogens is 5. The first-order valence-electron chi connectivity index (χ1n) is 9.46. The number of hydrogen-bond donors (Lipinski definition) is 3. The number of aromatic amines is 1. The van der Waals surface area contributed by atoms with Crippen LogP contribution in [-0.2, 0) is 9.47 Å². The Bertz CT molecular complexity index is 1100. The van der Waals surface area contributed by atoms with Crippen molar-refractivity contribution in [3.8, 4) is 0 Å². The Balaban J connectivity index is 1.26. The number of carbonyl (C=O) groups is 1. The van der Waals surface area contributed by atoms with E-state index in [1.165, 1.54) is 0 Å². The average molecular weight is 480 g/mol. The molecule has 4 heterocycles. The quantitative estimate of drug-likeness (QED) is 0.514. The molecule has 1 saturated heterocycles. The van der Waals surface area contributed by atoms with Crippen molar-refractivity contribution in [3.05, 3.63) is 34.8 Å². The highest BCUT2D eigenvalue weighted by molar-refractivity contribution is 9.10. The summed E-state index contributed by atoms with van der Waals surface area (Å²) in [4.78, 5) is 16.3. The molecule has 30 heavy (non-hydrogen) atoms. The zero-order valence-electron chi connectivity index (χ0n) is 15.9. The molecular weight excluding hydrogens is 461 g/mol. The minimum absolute atomic E-state index is 0.0264. The Morgan fingerprint density at radius 1 is 1.50 bits per heavy atom. The summed E-state index contributed by atoms with van der Waals surface area (Å²) >= 11 is 3.44. The van der Waals surface area contributed by atoms with E-state index in [-0.39, 0.29) is 12.1 Å². The van der Waals surface area contributed by atoms with E-state index in [0.717, 1.165) is 22.8 Å². The summed E-state index contributed by atoms with van der Waals surface area (Å²) in [6.07, 6.45) is 2.77. The zero-order valence-corrected chi connectivity index (χ0v) is 17.5. The van der Waals surface area contributed by atoms with E-state index >= 15 is 0 Å². The first-order chi connectivity index (χ1) is 14.4. The lowest BCUT2D eigenvalue weighted by Gasteiger charge is -2.17. The lowest BCUT2D eigenvalue weighted by atomic mass is 10.1. The van der Waals surface area contributed by atoms with Crippen molar-refractivity contribution in [3.63, 3.8) is 0 Å². The van der Waals surface area contributed by atoms with Crippen molar-refractivity contribution >= 4 is 39.2 Å². The van der Waals surface area contributed by atoms with Gasteiger partial charge in [0.2, 0.25) is 0 Å². The molecule has 1 aliphatic heterocycles. The van der Waals surface area contributed by atoms with Crippen molar-refractivity contribution in [1.29, 1.82) is 0 Å². The van der Waals surface area contributed by atoms with Crippen molar-refractivity contribution < 1.29 is 18.7 Å². The number of nitrogens with one attached hydrogen (secondary N) is 3. The molecule has 3 atom stereocenters. The second-order valence-corrected chi connectivity index (χ2v) is 8.58. The number of hydrogen-bond acceptors (Lipinski definition) is 7. The number of anilines is 2. The Morgan fingerprint density at radius 3 is 3.13 bits per heavy atom. The van der Waals surface area contributed by atoms with Crippen molar-refractivity contribution in [2.75, 3.05) is 11.9 Å². The molecule has 3 aromatic heterocycles. The largest absolute Gasteiger partial charge is 0.441 e. The van der Waals surface area contributed by atoms with Crippen LogP contribution in [0.25, 0.3) is 5.52 Å². The maximum absolute atomic E-state index is 14.9. The number of nitrogens with zero attached hydrogens (tertiary/aromatic N) is 4. The molecule has 0 bridgehead atoms. The predicted octanol–water partition coefficient (Wildman–Crippen LogP) is 3.02. The van der Waals surface area contributed by atoms with Crippen LogP contribution in [0.2, 0.25) is 0 Å². The summed E-state index contributed by atoms with van der Waals surface area (Å²) in [7, 11) is 0. The summed E-state index contributed by atoms with van der Waals surface area (Å²) in [5.74, 6) is 0.980. The van der Waals surface area contributed by atoms with Gasteiger partial charge in [-0.25, -0.2) is 18.7 Å². The van der Waals surface area contributed by atoms with Crippen LogP contribution in [0, 0.1) is 0 Å². The topological polar surface area (TPSA) is 118 Å². The van der Waals surface area contributed by atoms with Crippen LogP contribution >= 0.6 is 15.9 Å². The number of fused-ring (bicyclic) bond motifs is 1. The third-order valence-electron chi connectivity index (χ3n) is 5.28. The first kappa shape index (κ1) is 19.2. The van der Waals surface area contributed by atoms with Crippen molar-refractivity contribution in [1.82, 2.24) is 30.1 Å². The predicted molar refractivity (Wildman–Crippen MR) is 107 cm³/mol. The fourth-order valence-electron chi connectivity index (χ4n) is 3.33. The van der Waals surface area contributed by atoms with Gasteiger partial charge in [-0.2, -0.15) is 10.2 Å². The monoisotopic (exact) mass is 479 g/mol. The minimum atomic E-state index is -1.51. The van der Waals surface area contributed by atoms with Crippen molar-refractivity contribution in [2.24, 2.45) is 0 Å². The molecular formula is C18H19BrFN7O3. The van der Waals surface area contributed by atoms with Gasteiger partial charge in [0, 0.05) is 24.0 Å². The molecule has 1 aliphatic carbocycles. The third kappa shape index (κ3) is 3.60. The summed E-state index contributed by atoms with van der Waals surface area (Å²) in [5, 5.41) is 17.0. The molecule has 2 fully saturated rings. The number of alkyl carbamates (subject to hydrolysis) is 1. The van der Waals surface area contributed by atoms with E-state index in [2.05, 4.69) is 46.8 Å². The number of ether oxygens (including phenoxy) is 2. The summed E-state index contributed by atoms with van der Waals surface area (Å²) in [5.41, 5.74) is 0.948. The number of halogens is 2. The molecule has 158 valence electrons. The highest BCUT2D eigenvalue weighted by Crippen LogP contribution is 2.36. The van der Waals surface area contributed by atoms with E-state index < -0.39 is 24.5 Å². The molecule has 0 aromatic carbocycles. The highest BCUT2D eigenvalue weighted by atomic mass is 79.9. The standard InChI is InChI=1S/C18H19BrFN7O3/c1-18(2-3-18)24-17(28)30-11-8-29-15(13(11)20)10-6-12(26-25-10)23-16-14-9(19)7-22-27(14)5-4-21-16/h4-7,11,13,15H,2-3,8H2,1H3,(H,24,28)(H2,21,23,25,26)/t11-,13-,15-/m0/s1. The molecule has 2 aliphatic rings. The molecule has 0 radical (unpaired) electrons. The molecule has 1 saturated carbocycles. The summed E-state index contributed by atoms with van der Waals surface area (Å²) in [6, 6.07) is 1.64. The number of alkyl halides is 1. The third-order valence-corrected chi connectivity index (χ3v) is 5.86. The second kappa shape index (κ2) is 7.20. The molecule has 5 rings (SSSR count). The number of rotatable bonds is 5. The fourth-order valence-corrected chi connectivity index (χ4v) is 3.79. The van der Waals surface area contributed by atoms with Gasteiger partial charge < -0.3 is 20.1 Å². The second-order valence-electron chi connectivity index (χ2n) is 7.72. The molecule has 10 nitrogen and oxygen atoms in total. The van der Waals surface area contributed by atoms with Gasteiger partial charge in [-0.3, -0.25) is 5.10 Å². The van der Waals surface area contributed by atoms with Crippen LogP contribution in [0.5, 0.6) is 0 Å². The zero-order chi connectivity index (χ0) is 20.9. The molecule has 1 amide bonds. The molecule has 0 spiro atoms. The van der Waals surface area contributed by atoms with Gasteiger partial charge in [0.1, 0.15) is 11.6 Å². The minimum Gasteiger partial charge on any atom is -0.441 e. The van der Waals surface area contributed by atoms with E-state index in [1.807, 2.05) is 6.92 Å². The fraction of sp³-hybridized carbons (Fsp3) is 0.444. The number of H-pyrrole nitrogens is 1. The van der Waals surface area contributed by atoms with E-state index in [4.69, 9.17) is 9.47 Å². The Kier molecular flexibility index (Phi) is 4.62. The van der Waals surface area contributed by atoms with Crippen LogP contribution in [0.4, 0.5) is 20.8 Å². The summed E-state index contributed by atoms with van der Waals surface area (Å²) in [6.45, 7) is 1.90. The van der Waals surface area contributed by atoms with Crippen LogP contribution in [-0.4, -0.2) is 55.3 Å². The van der Waals surface area contributed by atoms with Gasteiger partial charge in [0.05, 0.1) is 23.0 Å². The van der Waals surface area contributed by atoms with Crippen molar-refractivity contribution in [2.45, 2.75) is 43.7 Å². The van der Waals surface area contributed by atoms with Crippen LogP contribution < -0.4 is 10.6 Å². The van der Waals surface area contributed by atoms with E-state index in [9.17, 15) is 9.18 Å². The molecule has 3 N–H and O–H groups in total. The molecule has 3 aromatic rings. The Labute approximate surface area is 178 Å². The van der Waals surface area contributed by atoms with Gasteiger partial charge in [-0.05, 0) is 35.7 Å². The molecule has 12 heteroatoms. The first-order valence-corrected chi connectivity index (χ1v) is 10.3. The van der Waals surface area contributed by atoms with E-state index in [1.54, 1.807) is 29.2 Å². The summed E-state index contributed by atoms with van der Waals surface area (Å²) < 4.78 is 28.1. The van der Waals surface area contributed by atoms with Gasteiger partial charge in [0.25, 0.3) is 0 Å². The number of carbonyl (C=O) groups excluding carboxylic acids is 1. The van der Waals surface area contributed by atoms with E-state index in [0.29, 0.717) is 17.3 Å². The van der Waals surface area contributed by atoms with Gasteiger partial charge in [-0.15, -0.1) is 0 Å². The number of amides is 1. The SMILES string of the molecule is CC1(NC(=O)O[C@H]2CO[C@@H](c3cc(Nc4nccn5ncc(Br)c45)n[nH]3)[C@H]2F)CC1.